The lowest BCUT2D eigenvalue weighted by Gasteiger charge is -2.00. The fourth-order valence-corrected chi connectivity index (χ4v) is 3.61. The third kappa shape index (κ3) is 2.13. The second-order valence-electron chi connectivity index (χ2n) is 5.52. The summed E-state index contributed by atoms with van der Waals surface area (Å²) in [5.41, 5.74) is 2.60. The Bertz CT molecular complexity index is 1270. The standard InChI is InChI=1S/C17H15N5OS/c1-3-14-21-22-15(18)12(16(23)20-17(22)24-14)8-11-9(2)19-13-7-5-4-6-10(11)13/h3-8,18-19,21H,1-2H3. The van der Waals surface area contributed by atoms with Crippen LogP contribution >= 0.6 is 11.3 Å². The Morgan fingerprint density at radius 2 is 2.12 bits per heavy atom. The van der Waals surface area contributed by atoms with Crippen molar-refractivity contribution < 1.29 is 0 Å². The maximum absolute atomic E-state index is 12.4. The Labute approximate surface area is 140 Å². The van der Waals surface area contributed by atoms with Crippen LogP contribution in [0.1, 0.15) is 18.2 Å². The zero-order chi connectivity index (χ0) is 16.8. The van der Waals surface area contributed by atoms with E-state index < -0.39 is 0 Å². The highest BCUT2D eigenvalue weighted by molar-refractivity contribution is 7.11. The molecule has 120 valence electrons. The number of fused-ring (bicyclic) bond motifs is 2. The van der Waals surface area contributed by atoms with E-state index in [1.807, 2.05) is 44.2 Å². The van der Waals surface area contributed by atoms with E-state index in [9.17, 15) is 4.79 Å². The van der Waals surface area contributed by atoms with Crippen LogP contribution in [0.15, 0.2) is 29.1 Å². The number of nitrogens with one attached hydrogen (secondary N) is 3. The fraction of sp³-hybridized carbons (Fsp3) is 0.118. The number of hydrogen-bond donors (Lipinski definition) is 3. The van der Waals surface area contributed by atoms with Crippen molar-refractivity contribution in [2.75, 3.05) is 0 Å². The molecule has 0 aliphatic carbocycles. The highest BCUT2D eigenvalue weighted by Crippen LogP contribution is 2.21. The molecule has 0 unspecified atom stereocenters. The molecule has 0 spiro atoms. The van der Waals surface area contributed by atoms with Gasteiger partial charge in [-0.15, -0.1) is 0 Å². The van der Waals surface area contributed by atoms with Crippen molar-refractivity contribution in [2.45, 2.75) is 13.8 Å². The van der Waals surface area contributed by atoms with E-state index in [2.05, 4.69) is 15.1 Å². The van der Waals surface area contributed by atoms with Crippen LogP contribution in [-0.2, 0) is 0 Å². The Balaban J connectivity index is 2.11. The van der Waals surface area contributed by atoms with Gasteiger partial charge in [0.15, 0.2) is 5.49 Å². The number of rotatable bonds is 1. The van der Waals surface area contributed by atoms with Crippen molar-refractivity contribution in [3.63, 3.8) is 0 Å². The van der Waals surface area contributed by atoms with Crippen LogP contribution in [0.3, 0.4) is 0 Å². The molecule has 7 heteroatoms. The van der Waals surface area contributed by atoms with Crippen molar-refractivity contribution in [1.82, 2.24) is 19.7 Å². The zero-order valence-electron chi connectivity index (χ0n) is 13.2. The summed E-state index contributed by atoms with van der Waals surface area (Å²) in [6, 6.07) is 7.91. The predicted molar refractivity (Wildman–Crippen MR) is 95.1 cm³/mol. The van der Waals surface area contributed by atoms with Gasteiger partial charge >= 0.3 is 0 Å². The third-order valence-electron chi connectivity index (χ3n) is 4.02. The lowest BCUT2D eigenvalue weighted by molar-refractivity contribution is 0.750. The van der Waals surface area contributed by atoms with Gasteiger partial charge in [-0.2, -0.15) is 4.98 Å². The molecule has 2 aliphatic rings. The molecule has 0 atom stereocenters. The fourth-order valence-electron chi connectivity index (χ4n) is 2.80. The first-order valence-corrected chi connectivity index (χ1v) is 8.32. The van der Waals surface area contributed by atoms with Crippen LogP contribution in [-0.4, -0.2) is 19.7 Å². The number of aromatic amines is 2. The summed E-state index contributed by atoms with van der Waals surface area (Å²) in [5.74, 6) is 0. The van der Waals surface area contributed by atoms with Gasteiger partial charge in [0.05, 0.1) is 5.22 Å². The molecule has 1 aromatic heterocycles. The van der Waals surface area contributed by atoms with Gasteiger partial charge < -0.3 is 4.98 Å². The summed E-state index contributed by atoms with van der Waals surface area (Å²) in [5, 5.41) is 13.3. The number of H-pyrrole nitrogens is 2. The van der Waals surface area contributed by atoms with Gasteiger partial charge in [-0.05, 0) is 26.0 Å². The first kappa shape index (κ1) is 14.6. The number of benzene rings is 1. The van der Waals surface area contributed by atoms with Gasteiger partial charge in [-0.25, -0.2) is 4.68 Å². The number of aromatic nitrogens is 4. The Kier molecular flexibility index (Phi) is 3.24. The van der Waals surface area contributed by atoms with E-state index in [-0.39, 0.29) is 16.3 Å². The van der Waals surface area contributed by atoms with Crippen LogP contribution in [0, 0.1) is 12.3 Å². The Hall–Kier alpha value is -2.93. The lowest BCUT2D eigenvalue weighted by atomic mass is 10.1. The molecule has 2 aliphatic heterocycles. The molecule has 0 amide bonds. The molecular formula is C17H15N5OS. The molecule has 0 saturated carbocycles. The maximum atomic E-state index is 12.4. The van der Waals surface area contributed by atoms with E-state index in [1.54, 1.807) is 6.08 Å². The second-order valence-corrected chi connectivity index (χ2v) is 6.53. The highest BCUT2D eigenvalue weighted by Gasteiger charge is 2.11. The average molecular weight is 337 g/mol. The Morgan fingerprint density at radius 3 is 2.92 bits per heavy atom. The van der Waals surface area contributed by atoms with Crippen LogP contribution in [0.2, 0.25) is 0 Å². The van der Waals surface area contributed by atoms with Crippen LogP contribution in [0.5, 0.6) is 0 Å². The maximum Gasteiger partial charge on any atom is 0.283 e. The van der Waals surface area contributed by atoms with Crippen molar-refractivity contribution in [1.29, 1.82) is 5.41 Å². The second kappa shape index (κ2) is 5.31. The number of aryl methyl sites for hydroxylation is 1. The zero-order valence-corrected chi connectivity index (χ0v) is 14.0. The largest absolute Gasteiger partial charge is 0.358 e. The van der Waals surface area contributed by atoms with Gasteiger partial charge in [-0.1, -0.05) is 35.6 Å². The molecule has 0 radical (unpaired) electrons. The van der Waals surface area contributed by atoms with E-state index in [4.69, 9.17) is 5.41 Å². The minimum atomic E-state index is -0.386. The first-order valence-electron chi connectivity index (χ1n) is 7.50. The molecule has 4 rings (SSSR count). The molecular weight excluding hydrogens is 322 g/mol. The van der Waals surface area contributed by atoms with Gasteiger partial charge in [0, 0.05) is 22.2 Å². The topological polar surface area (TPSA) is 90.3 Å². The van der Waals surface area contributed by atoms with E-state index in [1.165, 1.54) is 16.0 Å². The van der Waals surface area contributed by atoms with Gasteiger partial charge in [0.25, 0.3) is 5.56 Å². The van der Waals surface area contributed by atoms with Crippen LogP contribution < -0.4 is 20.9 Å². The number of nitrogens with zero attached hydrogens (tertiary/aromatic N) is 2. The lowest BCUT2D eigenvalue weighted by Crippen LogP contribution is -2.47. The van der Waals surface area contributed by atoms with Gasteiger partial charge in [-0.3, -0.25) is 15.3 Å². The summed E-state index contributed by atoms with van der Waals surface area (Å²) in [6.45, 7) is 3.85. The molecule has 6 nitrogen and oxygen atoms in total. The highest BCUT2D eigenvalue weighted by atomic mass is 32.1. The third-order valence-corrected chi connectivity index (χ3v) is 5.02. The van der Waals surface area contributed by atoms with E-state index in [0.717, 1.165) is 26.8 Å². The average Bonchev–Trinajstić information content (AvgIpc) is 3.12. The molecule has 1 aromatic carbocycles. The SMILES string of the molecule is CC=c1[nH]n2c(=N)c(=Cc3c(C)[nH]c4ccccc34)c(=O)nc-2s1. The van der Waals surface area contributed by atoms with Crippen molar-refractivity contribution in [2.24, 2.45) is 0 Å². The molecule has 24 heavy (non-hydrogen) atoms. The molecule has 3 N–H and O–H groups in total. The van der Waals surface area contributed by atoms with Crippen LogP contribution in [0.4, 0.5) is 0 Å². The number of hydrogen-bond acceptors (Lipinski definition) is 4. The normalized spacial score (nSPS) is 13.4. The van der Waals surface area contributed by atoms with Gasteiger partial charge in [0.1, 0.15) is 4.66 Å². The monoisotopic (exact) mass is 337 g/mol. The molecule has 0 fully saturated rings. The molecule has 2 aromatic rings. The quantitative estimate of drug-likeness (QED) is 0.483. The molecule has 0 bridgehead atoms. The van der Waals surface area contributed by atoms with Crippen LogP contribution in [0.25, 0.3) is 28.2 Å². The number of para-hydroxylation sites is 1. The van der Waals surface area contributed by atoms with Crippen molar-refractivity contribution in [3.8, 4) is 5.13 Å². The molecule has 3 heterocycles. The minimum Gasteiger partial charge on any atom is -0.358 e. The Morgan fingerprint density at radius 1 is 1.33 bits per heavy atom. The molecule has 0 saturated heterocycles. The summed E-state index contributed by atoms with van der Waals surface area (Å²) < 4.78 is 2.40. The van der Waals surface area contributed by atoms with Crippen molar-refractivity contribution >= 4 is 34.4 Å². The van der Waals surface area contributed by atoms with Gasteiger partial charge in [0.2, 0.25) is 5.13 Å². The van der Waals surface area contributed by atoms with E-state index >= 15 is 0 Å². The first-order chi connectivity index (χ1) is 11.6. The summed E-state index contributed by atoms with van der Waals surface area (Å²) in [4.78, 5) is 19.8. The van der Waals surface area contributed by atoms with Crippen molar-refractivity contribution in [3.05, 3.63) is 61.2 Å². The summed E-state index contributed by atoms with van der Waals surface area (Å²) in [6.07, 6.45) is 3.63. The minimum absolute atomic E-state index is 0.110. The summed E-state index contributed by atoms with van der Waals surface area (Å²) in [7, 11) is 0. The predicted octanol–water partition coefficient (Wildman–Crippen LogP) is 0.958. The van der Waals surface area contributed by atoms with E-state index in [0.29, 0.717) is 5.13 Å². The smallest absolute Gasteiger partial charge is 0.283 e. The summed E-state index contributed by atoms with van der Waals surface area (Å²) >= 11 is 1.35.